The maximum absolute atomic E-state index is 12.3. The zero-order chi connectivity index (χ0) is 18.9. The molecule has 7 heteroatoms. The molecule has 0 aliphatic carbocycles. The summed E-state index contributed by atoms with van der Waals surface area (Å²) < 4.78 is 5.22. The summed E-state index contributed by atoms with van der Waals surface area (Å²) in [4.78, 5) is 13.2. The lowest BCUT2D eigenvalue weighted by Crippen LogP contribution is -2.15. The number of carbonyl (C=O) groups is 1. The molecule has 2 N–H and O–H groups in total. The third-order valence-corrected chi connectivity index (χ3v) is 3.97. The number of nitriles is 2. The van der Waals surface area contributed by atoms with Crippen molar-refractivity contribution in [2.24, 2.45) is 0 Å². The van der Waals surface area contributed by atoms with Gasteiger partial charge in [0, 0.05) is 16.8 Å². The molecule has 0 fully saturated rings. The minimum absolute atomic E-state index is 0.0796. The average molecular weight is 364 g/mol. The van der Waals surface area contributed by atoms with Gasteiger partial charge in [0.05, 0.1) is 12.8 Å². The largest absolute Gasteiger partial charge is 0.495 e. The number of methoxy groups -OCH3 is 1. The van der Waals surface area contributed by atoms with Gasteiger partial charge in [0.2, 0.25) is 0 Å². The first kappa shape index (κ1) is 18.9. The molecule has 0 aromatic heterocycles. The first-order valence-corrected chi connectivity index (χ1v) is 8.38. The van der Waals surface area contributed by atoms with E-state index in [4.69, 9.17) is 10.00 Å². The molecule has 0 aliphatic rings. The second-order valence-corrected chi connectivity index (χ2v) is 6.05. The lowest BCUT2D eigenvalue weighted by Gasteiger charge is -2.10. The molecule has 0 saturated heterocycles. The van der Waals surface area contributed by atoms with Crippen molar-refractivity contribution in [2.75, 3.05) is 17.7 Å². The number of aryl methyl sites for hydroxylation is 1. The van der Waals surface area contributed by atoms with E-state index in [1.807, 2.05) is 24.5 Å². The van der Waals surface area contributed by atoms with E-state index in [-0.39, 0.29) is 5.57 Å². The van der Waals surface area contributed by atoms with Gasteiger partial charge in [-0.2, -0.15) is 10.5 Å². The number of anilines is 2. The van der Waals surface area contributed by atoms with E-state index in [1.165, 1.54) is 13.3 Å². The van der Waals surface area contributed by atoms with E-state index in [0.717, 1.165) is 22.2 Å². The Morgan fingerprint density at radius 1 is 1.19 bits per heavy atom. The van der Waals surface area contributed by atoms with Gasteiger partial charge >= 0.3 is 0 Å². The van der Waals surface area contributed by atoms with Crippen molar-refractivity contribution in [3.63, 3.8) is 0 Å². The second kappa shape index (κ2) is 9.16. The van der Waals surface area contributed by atoms with Gasteiger partial charge in [0.15, 0.2) is 0 Å². The number of amides is 1. The first-order chi connectivity index (χ1) is 12.6. The molecule has 130 valence electrons. The predicted octanol–water partition coefficient (Wildman–Crippen LogP) is 4.03. The Bertz CT molecular complexity index is 909. The minimum Gasteiger partial charge on any atom is -0.495 e. The Labute approximate surface area is 156 Å². The van der Waals surface area contributed by atoms with Gasteiger partial charge in [-0.1, -0.05) is 6.07 Å². The summed E-state index contributed by atoms with van der Waals surface area (Å²) in [6.07, 6.45) is 1.34. The smallest absolute Gasteiger partial charge is 0.267 e. The summed E-state index contributed by atoms with van der Waals surface area (Å²) in [5, 5.41) is 25.5. The number of rotatable bonds is 6. The van der Waals surface area contributed by atoms with Crippen molar-refractivity contribution in [3.8, 4) is 17.2 Å². The molecule has 2 aromatic carbocycles. The number of nitrogens with one attached hydrogen (secondary N) is 2. The number of nitrogens with zero attached hydrogens (tertiary/aromatic N) is 2. The SMILES string of the molecule is COc1ccc(C)cc1NC(=O)/C(C#N)=C\Nc1ccc(SC#N)cc1. The van der Waals surface area contributed by atoms with Crippen LogP contribution in [0.1, 0.15) is 5.56 Å². The van der Waals surface area contributed by atoms with Crippen LogP contribution in [0.4, 0.5) is 11.4 Å². The number of hydrogen-bond donors (Lipinski definition) is 2. The van der Waals surface area contributed by atoms with Crippen LogP contribution >= 0.6 is 11.8 Å². The molecule has 0 saturated carbocycles. The van der Waals surface area contributed by atoms with Crippen LogP contribution in [0.2, 0.25) is 0 Å². The Balaban J connectivity index is 2.11. The number of hydrogen-bond acceptors (Lipinski definition) is 6. The monoisotopic (exact) mass is 364 g/mol. The summed E-state index contributed by atoms with van der Waals surface area (Å²) in [7, 11) is 1.51. The third-order valence-electron chi connectivity index (χ3n) is 3.37. The van der Waals surface area contributed by atoms with Gasteiger partial charge in [-0.15, -0.1) is 0 Å². The van der Waals surface area contributed by atoms with Crippen LogP contribution in [0.15, 0.2) is 59.1 Å². The van der Waals surface area contributed by atoms with Crippen LogP contribution in [0, 0.1) is 28.9 Å². The lowest BCUT2D eigenvalue weighted by atomic mass is 10.2. The van der Waals surface area contributed by atoms with Gasteiger partial charge in [-0.3, -0.25) is 4.79 Å². The Morgan fingerprint density at radius 2 is 1.92 bits per heavy atom. The molecular formula is C19H16N4O2S. The van der Waals surface area contributed by atoms with E-state index < -0.39 is 5.91 Å². The molecule has 6 nitrogen and oxygen atoms in total. The summed E-state index contributed by atoms with van der Waals surface area (Å²) in [6, 6.07) is 14.3. The quantitative estimate of drug-likeness (QED) is 0.347. The molecule has 0 unspecified atom stereocenters. The zero-order valence-corrected chi connectivity index (χ0v) is 15.1. The number of carbonyl (C=O) groups excluding carboxylic acids is 1. The Hall–Kier alpha value is -3.42. The topological polar surface area (TPSA) is 97.9 Å². The van der Waals surface area contributed by atoms with Crippen molar-refractivity contribution in [1.82, 2.24) is 0 Å². The van der Waals surface area contributed by atoms with E-state index in [1.54, 1.807) is 36.4 Å². The average Bonchev–Trinajstić information content (AvgIpc) is 2.64. The van der Waals surface area contributed by atoms with Gasteiger partial charge in [-0.25, -0.2) is 0 Å². The molecule has 2 rings (SSSR count). The molecule has 0 aliphatic heterocycles. The van der Waals surface area contributed by atoms with Gasteiger partial charge in [0.1, 0.15) is 22.8 Å². The summed E-state index contributed by atoms with van der Waals surface area (Å²) >= 11 is 1.06. The third kappa shape index (κ3) is 5.04. The number of ether oxygens (including phenoxy) is 1. The zero-order valence-electron chi connectivity index (χ0n) is 14.2. The fourth-order valence-electron chi connectivity index (χ4n) is 2.09. The van der Waals surface area contributed by atoms with Crippen molar-refractivity contribution in [1.29, 1.82) is 10.5 Å². The minimum atomic E-state index is -0.541. The standard InChI is InChI=1S/C19H16N4O2S/c1-13-3-8-18(25-2)17(9-13)23-19(24)14(10-20)11-22-15-4-6-16(7-5-15)26-12-21/h3-9,11,22H,1-2H3,(H,23,24)/b14-11-. The number of thiocyanates is 1. The highest BCUT2D eigenvalue weighted by molar-refractivity contribution is 8.03. The van der Waals surface area contributed by atoms with E-state index >= 15 is 0 Å². The van der Waals surface area contributed by atoms with Crippen molar-refractivity contribution >= 4 is 29.0 Å². The second-order valence-electron chi connectivity index (χ2n) is 5.19. The molecule has 0 atom stereocenters. The highest BCUT2D eigenvalue weighted by atomic mass is 32.2. The number of thioether (sulfide) groups is 1. The summed E-state index contributed by atoms with van der Waals surface area (Å²) in [5.41, 5.74) is 2.07. The van der Waals surface area contributed by atoms with E-state index in [0.29, 0.717) is 17.1 Å². The fourth-order valence-corrected chi connectivity index (χ4v) is 2.46. The summed E-state index contributed by atoms with van der Waals surface area (Å²) in [6.45, 7) is 1.89. The fraction of sp³-hybridized carbons (Fsp3) is 0.105. The molecule has 0 radical (unpaired) electrons. The summed E-state index contributed by atoms with van der Waals surface area (Å²) in [5.74, 6) is -0.0275. The molecule has 1 amide bonds. The van der Waals surface area contributed by atoms with Crippen LogP contribution in [0.25, 0.3) is 0 Å². The maximum atomic E-state index is 12.3. The van der Waals surface area contributed by atoms with Crippen molar-refractivity contribution in [2.45, 2.75) is 11.8 Å². The molecule has 0 bridgehead atoms. The Kier molecular flexibility index (Phi) is 6.67. The van der Waals surface area contributed by atoms with Gasteiger partial charge < -0.3 is 15.4 Å². The molecule has 0 heterocycles. The normalized spacial score (nSPS) is 10.4. The first-order valence-electron chi connectivity index (χ1n) is 7.56. The lowest BCUT2D eigenvalue weighted by molar-refractivity contribution is -0.112. The van der Waals surface area contributed by atoms with Crippen LogP contribution in [-0.2, 0) is 4.79 Å². The van der Waals surface area contributed by atoms with Crippen LogP contribution in [0.5, 0.6) is 5.75 Å². The molecule has 0 spiro atoms. The number of benzene rings is 2. The highest BCUT2D eigenvalue weighted by Crippen LogP contribution is 2.25. The van der Waals surface area contributed by atoms with Gasteiger partial charge in [-0.05, 0) is 60.6 Å². The highest BCUT2D eigenvalue weighted by Gasteiger charge is 2.12. The van der Waals surface area contributed by atoms with Crippen LogP contribution in [-0.4, -0.2) is 13.0 Å². The van der Waals surface area contributed by atoms with Crippen molar-refractivity contribution in [3.05, 3.63) is 59.8 Å². The van der Waals surface area contributed by atoms with Gasteiger partial charge in [0.25, 0.3) is 5.91 Å². The Morgan fingerprint density at radius 3 is 2.54 bits per heavy atom. The van der Waals surface area contributed by atoms with Crippen molar-refractivity contribution < 1.29 is 9.53 Å². The van der Waals surface area contributed by atoms with Crippen LogP contribution < -0.4 is 15.4 Å². The van der Waals surface area contributed by atoms with Crippen LogP contribution in [0.3, 0.4) is 0 Å². The predicted molar refractivity (Wildman–Crippen MR) is 102 cm³/mol. The molecule has 2 aromatic rings. The maximum Gasteiger partial charge on any atom is 0.267 e. The van der Waals surface area contributed by atoms with E-state index in [9.17, 15) is 10.1 Å². The molecular weight excluding hydrogens is 348 g/mol. The molecule has 26 heavy (non-hydrogen) atoms. The van der Waals surface area contributed by atoms with E-state index in [2.05, 4.69) is 10.6 Å².